The molecule has 1 fully saturated rings. The first-order valence-corrected chi connectivity index (χ1v) is 6.45. The van der Waals surface area contributed by atoms with E-state index in [1.54, 1.807) is 5.32 Å². The SMILES string of the molecule is COC(=O)C1(C(=O)OC)NC(=O)[C@@H]1CCCNC(=O)C(F)(F)F. The van der Waals surface area contributed by atoms with E-state index in [-0.39, 0.29) is 19.4 Å². The van der Waals surface area contributed by atoms with Gasteiger partial charge < -0.3 is 20.1 Å². The molecule has 0 aromatic rings. The molecule has 0 spiro atoms. The minimum atomic E-state index is -5.00. The third kappa shape index (κ3) is 3.54. The molecule has 1 atom stereocenters. The number of nitrogens with one attached hydrogen (secondary N) is 2. The van der Waals surface area contributed by atoms with Crippen LogP contribution < -0.4 is 10.6 Å². The zero-order valence-electron chi connectivity index (χ0n) is 12.3. The molecule has 1 saturated heterocycles. The summed E-state index contributed by atoms with van der Waals surface area (Å²) >= 11 is 0. The predicted molar refractivity (Wildman–Crippen MR) is 66.7 cm³/mol. The molecule has 0 aromatic heterocycles. The fourth-order valence-corrected chi connectivity index (χ4v) is 2.24. The topological polar surface area (TPSA) is 111 Å². The molecular formula is C12H15F3N2O6. The van der Waals surface area contributed by atoms with Gasteiger partial charge in [-0.1, -0.05) is 0 Å². The van der Waals surface area contributed by atoms with Crippen LogP contribution in [-0.4, -0.2) is 56.2 Å². The van der Waals surface area contributed by atoms with Gasteiger partial charge in [0.15, 0.2) is 0 Å². The Bertz CT molecular complexity index is 503. The Morgan fingerprint density at radius 3 is 2.13 bits per heavy atom. The van der Waals surface area contributed by atoms with Crippen molar-refractivity contribution in [3.8, 4) is 0 Å². The largest absolute Gasteiger partial charge is 0.471 e. The number of methoxy groups -OCH3 is 2. The van der Waals surface area contributed by atoms with E-state index >= 15 is 0 Å². The molecule has 0 unspecified atom stereocenters. The summed E-state index contributed by atoms with van der Waals surface area (Å²) in [5, 5.41) is 3.75. The number of carbonyl (C=O) groups is 4. The molecule has 1 rings (SSSR count). The fourth-order valence-electron chi connectivity index (χ4n) is 2.24. The monoisotopic (exact) mass is 340 g/mol. The van der Waals surface area contributed by atoms with Crippen LogP contribution in [0.3, 0.4) is 0 Å². The van der Waals surface area contributed by atoms with Gasteiger partial charge in [0.2, 0.25) is 11.4 Å². The summed E-state index contributed by atoms with van der Waals surface area (Å²) in [4.78, 5) is 45.8. The number of β-lactam (4-membered cyclic amide) rings is 1. The van der Waals surface area contributed by atoms with E-state index in [1.807, 2.05) is 0 Å². The molecular weight excluding hydrogens is 325 g/mol. The number of rotatable bonds is 6. The van der Waals surface area contributed by atoms with Crippen molar-refractivity contribution in [2.24, 2.45) is 5.92 Å². The van der Waals surface area contributed by atoms with Crippen molar-refractivity contribution in [2.75, 3.05) is 20.8 Å². The van der Waals surface area contributed by atoms with Crippen LogP contribution in [0.1, 0.15) is 12.8 Å². The van der Waals surface area contributed by atoms with Crippen molar-refractivity contribution < 1.29 is 41.8 Å². The van der Waals surface area contributed by atoms with Crippen LogP contribution in [0.5, 0.6) is 0 Å². The second-order valence-corrected chi connectivity index (χ2v) is 4.73. The number of halogens is 3. The molecule has 0 radical (unpaired) electrons. The van der Waals surface area contributed by atoms with Gasteiger partial charge in [0.25, 0.3) is 0 Å². The zero-order valence-corrected chi connectivity index (χ0v) is 12.3. The highest BCUT2D eigenvalue weighted by atomic mass is 19.4. The molecule has 2 amide bonds. The second-order valence-electron chi connectivity index (χ2n) is 4.73. The average Bonchev–Trinajstić information content (AvgIpc) is 2.49. The predicted octanol–water partition coefficient (Wildman–Crippen LogP) is -0.724. The van der Waals surface area contributed by atoms with Crippen LogP contribution in [0.15, 0.2) is 0 Å². The molecule has 0 saturated carbocycles. The summed E-state index contributed by atoms with van der Waals surface area (Å²) in [6.07, 6.45) is -5.18. The fraction of sp³-hybridized carbons (Fsp3) is 0.667. The normalized spacial score (nSPS) is 19.2. The van der Waals surface area contributed by atoms with Crippen LogP contribution in [0.4, 0.5) is 13.2 Å². The van der Waals surface area contributed by atoms with Gasteiger partial charge in [0.05, 0.1) is 20.1 Å². The summed E-state index contributed by atoms with van der Waals surface area (Å²) in [7, 11) is 2.02. The van der Waals surface area contributed by atoms with Gasteiger partial charge in [0.1, 0.15) is 0 Å². The Labute approximate surface area is 128 Å². The smallest absolute Gasteiger partial charge is 0.467 e. The molecule has 130 valence electrons. The van der Waals surface area contributed by atoms with Crippen LogP contribution >= 0.6 is 0 Å². The lowest BCUT2D eigenvalue weighted by molar-refractivity contribution is -0.180. The number of hydrogen-bond acceptors (Lipinski definition) is 6. The molecule has 8 nitrogen and oxygen atoms in total. The summed E-state index contributed by atoms with van der Waals surface area (Å²) in [5.41, 5.74) is -2.01. The van der Waals surface area contributed by atoms with Gasteiger partial charge in [-0.05, 0) is 12.8 Å². The molecule has 1 aliphatic rings. The number of esters is 2. The lowest BCUT2D eigenvalue weighted by Crippen LogP contribution is -2.77. The van der Waals surface area contributed by atoms with Gasteiger partial charge in [-0.25, -0.2) is 9.59 Å². The Kier molecular flexibility index (Phi) is 5.56. The minimum Gasteiger partial charge on any atom is -0.467 e. The van der Waals surface area contributed by atoms with Crippen molar-refractivity contribution in [2.45, 2.75) is 24.6 Å². The Balaban J connectivity index is 2.67. The van der Waals surface area contributed by atoms with E-state index in [2.05, 4.69) is 14.8 Å². The van der Waals surface area contributed by atoms with Crippen LogP contribution in [0.25, 0.3) is 0 Å². The van der Waals surface area contributed by atoms with Crippen molar-refractivity contribution in [3.63, 3.8) is 0 Å². The molecule has 0 aliphatic carbocycles. The first-order chi connectivity index (χ1) is 10.6. The molecule has 0 bridgehead atoms. The Hall–Kier alpha value is -2.33. The molecule has 11 heteroatoms. The van der Waals surface area contributed by atoms with Crippen molar-refractivity contribution >= 4 is 23.8 Å². The highest BCUT2D eigenvalue weighted by Gasteiger charge is 2.65. The number of hydrogen-bond donors (Lipinski definition) is 2. The summed E-state index contributed by atoms with van der Waals surface area (Å²) in [6.45, 7) is -0.374. The highest BCUT2D eigenvalue weighted by molar-refractivity contribution is 6.16. The van der Waals surface area contributed by atoms with E-state index in [0.717, 1.165) is 14.2 Å². The average molecular weight is 340 g/mol. The maximum absolute atomic E-state index is 12.0. The van der Waals surface area contributed by atoms with E-state index in [0.29, 0.717) is 0 Å². The van der Waals surface area contributed by atoms with Crippen LogP contribution in [0.2, 0.25) is 0 Å². The maximum atomic E-state index is 12.0. The lowest BCUT2D eigenvalue weighted by atomic mass is 9.73. The third-order valence-corrected chi connectivity index (χ3v) is 3.39. The van der Waals surface area contributed by atoms with Gasteiger partial charge in [-0.15, -0.1) is 0 Å². The molecule has 1 aliphatic heterocycles. The van der Waals surface area contributed by atoms with Crippen LogP contribution in [-0.2, 0) is 28.7 Å². The van der Waals surface area contributed by atoms with Gasteiger partial charge in [-0.2, -0.15) is 13.2 Å². The number of carbonyl (C=O) groups excluding carboxylic acids is 4. The lowest BCUT2D eigenvalue weighted by Gasteiger charge is -2.43. The number of amides is 2. The number of alkyl halides is 3. The zero-order chi connectivity index (χ0) is 17.8. The van der Waals surface area contributed by atoms with E-state index < -0.39 is 41.4 Å². The first-order valence-electron chi connectivity index (χ1n) is 6.45. The van der Waals surface area contributed by atoms with Crippen molar-refractivity contribution in [1.29, 1.82) is 0 Å². The summed E-state index contributed by atoms with van der Waals surface area (Å²) in [5.74, 6) is -5.96. The van der Waals surface area contributed by atoms with Gasteiger partial charge >= 0.3 is 24.0 Å². The molecule has 23 heavy (non-hydrogen) atoms. The van der Waals surface area contributed by atoms with Crippen LogP contribution in [0, 0.1) is 5.92 Å². The van der Waals surface area contributed by atoms with Crippen molar-refractivity contribution in [1.82, 2.24) is 10.6 Å². The number of ether oxygens (including phenoxy) is 2. The molecule has 2 N–H and O–H groups in total. The molecule has 0 aromatic carbocycles. The van der Waals surface area contributed by atoms with Gasteiger partial charge in [-0.3, -0.25) is 9.59 Å². The van der Waals surface area contributed by atoms with E-state index in [9.17, 15) is 32.3 Å². The Morgan fingerprint density at radius 1 is 1.22 bits per heavy atom. The standard InChI is InChI=1S/C12H15F3N2O6/c1-22-9(20)11(10(21)23-2)6(7(18)17-11)4-3-5-16-8(19)12(13,14)15/h6H,3-5H2,1-2H3,(H,16,19)(H,17,18)/t6-/m0/s1. The molecule has 1 heterocycles. The van der Waals surface area contributed by atoms with Gasteiger partial charge in [0, 0.05) is 6.54 Å². The maximum Gasteiger partial charge on any atom is 0.471 e. The Morgan fingerprint density at radius 2 is 1.74 bits per heavy atom. The minimum absolute atomic E-state index is 0.0599. The van der Waals surface area contributed by atoms with Crippen molar-refractivity contribution in [3.05, 3.63) is 0 Å². The first kappa shape index (κ1) is 18.7. The second kappa shape index (κ2) is 6.84. The summed E-state index contributed by atoms with van der Waals surface area (Å²) < 4.78 is 45.0. The van der Waals surface area contributed by atoms with E-state index in [1.165, 1.54) is 0 Å². The third-order valence-electron chi connectivity index (χ3n) is 3.39. The van der Waals surface area contributed by atoms with E-state index in [4.69, 9.17) is 0 Å². The summed E-state index contributed by atoms with van der Waals surface area (Å²) in [6, 6.07) is 0. The quantitative estimate of drug-likeness (QED) is 0.286. The highest BCUT2D eigenvalue weighted by Crippen LogP contribution is 2.34.